The third-order valence-electron chi connectivity index (χ3n) is 4.69. The molecule has 0 bridgehead atoms. The number of ether oxygens (including phenoxy) is 1. The van der Waals surface area contributed by atoms with Gasteiger partial charge in [0.15, 0.2) is 11.0 Å². The first-order valence-corrected chi connectivity index (χ1v) is 9.40. The van der Waals surface area contributed by atoms with Crippen LogP contribution in [0.3, 0.4) is 0 Å². The molecule has 1 amide bonds. The van der Waals surface area contributed by atoms with Crippen LogP contribution in [0.15, 0.2) is 36.4 Å². The molecule has 1 N–H and O–H groups in total. The monoisotopic (exact) mass is 410 g/mol. The molecule has 0 radical (unpaired) electrons. The van der Waals surface area contributed by atoms with E-state index < -0.39 is 12.7 Å². The van der Waals surface area contributed by atoms with E-state index in [2.05, 4.69) is 20.3 Å². The summed E-state index contributed by atoms with van der Waals surface area (Å²) in [6.07, 6.45) is 1.58. The number of hydrogen-bond acceptors (Lipinski definition) is 5. The molecule has 1 aliphatic heterocycles. The first-order valence-electron chi connectivity index (χ1n) is 9.02. The number of aromatic nitrogens is 2. The van der Waals surface area contributed by atoms with E-state index in [0.29, 0.717) is 23.1 Å². The second-order valence-electron chi connectivity index (χ2n) is 6.65. The van der Waals surface area contributed by atoms with Crippen molar-refractivity contribution in [1.82, 2.24) is 15.5 Å². The van der Waals surface area contributed by atoms with Crippen molar-refractivity contribution in [2.75, 3.05) is 18.0 Å². The number of benzene rings is 1. The van der Waals surface area contributed by atoms with Crippen LogP contribution >= 0.6 is 11.6 Å². The van der Waals surface area contributed by atoms with E-state index in [4.69, 9.17) is 11.6 Å². The number of hydrogen-bond donors (Lipinski definition) is 1. The van der Waals surface area contributed by atoms with Crippen molar-refractivity contribution < 1.29 is 18.3 Å². The zero-order valence-electron chi connectivity index (χ0n) is 15.3. The summed E-state index contributed by atoms with van der Waals surface area (Å²) in [6.45, 7) is 0.109. The van der Waals surface area contributed by atoms with E-state index in [1.165, 1.54) is 6.07 Å². The predicted molar refractivity (Wildman–Crippen MR) is 102 cm³/mol. The molecule has 1 fully saturated rings. The molecule has 2 atom stereocenters. The van der Waals surface area contributed by atoms with Crippen LogP contribution in [0.4, 0.5) is 14.6 Å². The highest BCUT2D eigenvalue weighted by Crippen LogP contribution is 2.28. The van der Waals surface area contributed by atoms with Crippen molar-refractivity contribution in [1.29, 1.82) is 0 Å². The van der Waals surface area contributed by atoms with Gasteiger partial charge in [-0.3, -0.25) is 4.79 Å². The second-order valence-corrected chi connectivity index (χ2v) is 7.03. The molecule has 150 valence electrons. The predicted octanol–water partition coefficient (Wildman–Crippen LogP) is 3.83. The topological polar surface area (TPSA) is 67.4 Å². The highest BCUT2D eigenvalue weighted by molar-refractivity contribution is 6.29. The first kappa shape index (κ1) is 20.3. The number of para-hydroxylation sites is 1. The average molecular weight is 411 g/mol. The van der Waals surface area contributed by atoms with Crippen molar-refractivity contribution in [2.24, 2.45) is 5.92 Å². The summed E-state index contributed by atoms with van der Waals surface area (Å²) >= 11 is 5.78. The molecule has 1 aliphatic rings. The summed E-state index contributed by atoms with van der Waals surface area (Å²) in [5.41, 5.74) is 0.507. The molecular weight excluding hydrogens is 390 g/mol. The minimum atomic E-state index is -2.92. The molecule has 0 unspecified atom stereocenters. The van der Waals surface area contributed by atoms with E-state index in [1.54, 1.807) is 37.3 Å². The molecule has 6 nitrogen and oxygen atoms in total. The minimum absolute atomic E-state index is 0.0620. The van der Waals surface area contributed by atoms with Gasteiger partial charge in [-0.25, -0.2) is 0 Å². The standard InChI is InChI=1S/C19H21ClF2N4O2/c1-12(14-6-2-3-7-15(14)28-19(21)22)23-18(27)13-5-4-10-26(11-13)17-9-8-16(20)24-25-17/h2-3,6-9,12-13,19H,4-5,10-11H2,1H3,(H,23,27)/t12-,13-/m1/s1. The molecule has 0 spiro atoms. The van der Waals surface area contributed by atoms with Gasteiger partial charge < -0.3 is 15.0 Å². The van der Waals surface area contributed by atoms with Gasteiger partial charge >= 0.3 is 6.61 Å². The largest absolute Gasteiger partial charge is 0.434 e. The van der Waals surface area contributed by atoms with Crippen LogP contribution in [0.2, 0.25) is 5.15 Å². The molecule has 1 saturated heterocycles. The lowest BCUT2D eigenvalue weighted by Gasteiger charge is -2.33. The maximum atomic E-state index is 12.8. The summed E-state index contributed by atoms with van der Waals surface area (Å²) in [5.74, 6) is 0.362. The molecule has 0 aliphatic carbocycles. The van der Waals surface area contributed by atoms with Crippen LogP contribution in [-0.2, 0) is 4.79 Å². The van der Waals surface area contributed by atoms with Gasteiger partial charge in [-0.1, -0.05) is 29.8 Å². The Morgan fingerprint density at radius 1 is 1.29 bits per heavy atom. The Hall–Kier alpha value is -2.48. The van der Waals surface area contributed by atoms with Gasteiger partial charge in [0, 0.05) is 18.7 Å². The summed E-state index contributed by atoms with van der Waals surface area (Å²) in [6, 6.07) is 9.43. The van der Waals surface area contributed by atoms with Gasteiger partial charge in [-0.2, -0.15) is 8.78 Å². The zero-order chi connectivity index (χ0) is 20.1. The summed E-state index contributed by atoms with van der Waals surface area (Å²) in [5, 5.41) is 11.1. The van der Waals surface area contributed by atoms with Gasteiger partial charge in [0.1, 0.15) is 5.75 Å². The smallest absolute Gasteiger partial charge is 0.387 e. The van der Waals surface area contributed by atoms with E-state index >= 15 is 0 Å². The molecule has 3 rings (SSSR count). The number of amides is 1. The number of carbonyl (C=O) groups excluding carboxylic acids is 1. The Morgan fingerprint density at radius 2 is 2.07 bits per heavy atom. The molecule has 2 aromatic rings. The van der Waals surface area contributed by atoms with Crippen LogP contribution in [0.5, 0.6) is 5.75 Å². The van der Waals surface area contributed by atoms with E-state index in [-0.39, 0.29) is 17.6 Å². The summed E-state index contributed by atoms with van der Waals surface area (Å²) in [4.78, 5) is 14.8. The maximum Gasteiger partial charge on any atom is 0.387 e. The molecule has 28 heavy (non-hydrogen) atoms. The summed E-state index contributed by atoms with van der Waals surface area (Å²) < 4.78 is 29.8. The Labute approximate surface area is 166 Å². The van der Waals surface area contributed by atoms with Crippen LogP contribution in [0, 0.1) is 5.92 Å². The van der Waals surface area contributed by atoms with E-state index in [9.17, 15) is 13.6 Å². The number of alkyl halides is 2. The number of nitrogens with one attached hydrogen (secondary N) is 1. The second kappa shape index (κ2) is 9.14. The Bertz CT molecular complexity index is 807. The third kappa shape index (κ3) is 5.07. The molecular formula is C19H21ClF2N4O2. The number of rotatable bonds is 6. The van der Waals surface area contributed by atoms with Crippen LogP contribution in [-0.4, -0.2) is 35.8 Å². The normalized spacial score (nSPS) is 18.0. The van der Waals surface area contributed by atoms with Crippen molar-refractivity contribution in [3.63, 3.8) is 0 Å². The number of carbonyl (C=O) groups is 1. The van der Waals surface area contributed by atoms with Crippen molar-refractivity contribution in [3.8, 4) is 5.75 Å². The van der Waals surface area contributed by atoms with E-state index in [1.807, 2.05) is 4.90 Å². The average Bonchev–Trinajstić information content (AvgIpc) is 2.68. The number of nitrogens with zero attached hydrogens (tertiary/aromatic N) is 3. The first-order chi connectivity index (χ1) is 13.4. The van der Waals surface area contributed by atoms with Gasteiger partial charge in [-0.15, -0.1) is 10.2 Å². The highest BCUT2D eigenvalue weighted by atomic mass is 35.5. The van der Waals surface area contributed by atoms with Gasteiger partial charge in [0.2, 0.25) is 5.91 Å². The van der Waals surface area contributed by atoms with Crippen LogP contribution < -0.4 is 15.0 Å². The zero-order valence-corrected chi connectivity index (χ0v) is 16.1. The van der Waals surface area contributed by atoms with Crippen molar-refractivity contribution >= 4 is 23.3 Å². The van der Waals surface area contributed by atoms with Crippen molar-refractivity contribution in [2.45, 2.75) is 32.4 Å². The van der Waals surface area contributed by atoms with Gasteiger partial charge in [0.25, 0.3) is 0 Å². The molecule has 0 saturated carbocycles. The SMILES string of the molecule is C[C@@H](NC(=O)[C@@H]1CCCN(c2ccc(Cl)nn2)C1)c1ccccc1OC(F)F. The lowest BCUT2D eigenvalue weighted by Crippen LogP contribution is -2.44. The Balaban J connectivity index is 1.65. The fourth-order valence-electron chi connectivity index (χ4n) is 3.33. The Morgan fingerprint density at radius 3 is 2.79 bits per heavy atom. The van der Waals surface area contributed by atoms with Gasteiger partial charge in [-0.05, 0) is 38.0 Å². The number of halogens is 3. The lowest BCUT2D eigenvalue weighted by atomic mass is 9.96. The quantitative estimate of drug-likeness (QED) is 0.784. The molecule has 9 heteroatoms. The van der Waals surface area contributed by atoms with Gasteiger partial charge in [0.05, 0.1) is 12.0 Å². The highest BCUT2D eigenvalue weighted by Gasteiger charge is 2.28. The molecule has 1 aromatic heterocycles. The van der Waals surface area contributed by atoms with Crippen LogP contribution in [0.25, 0.3) is 0 Å². The maximum absolute atomic E-state index is 12.8. The Kier molecular flexibility index (Phi) is 6.61. The molecule has 1 aromatic carbocycles. The number of piperidine rings is 1. The third-order valence-corrected chi connectivity index (χ3v) is 4.90. The van der Waals surface area contributed by atoms with Crippen LogP contribution in [0.1, 0.15) is 31.4 Å². The fourth-order valence-corrected chi connectivity index (χ4v) is 3.43. The number of anilines is 1. The molecule has 2 heterocycles. The minimum Gasteiger partial charge on any atom is -0.434 e. The lowest BCUT2D eigenvalue weighted by molar-refractivity contribution is -0.125. The van der Waals surface area contributed by atoms with Crippen molar-refractivity contribution in [3.05, 3.63) is 47.1 Å². The fraction of sp³-hybridized carbons (Fsp3) is 0.421. The van der Waals surface area contributed by atoms with E-state index in [0.717, 1.165) is 19.4 Å². The summed E-state index contributed by atoms with van der Waals surface area (Å²) in [7, 11) is 0.